The predicted octanol–water partition coefficient (Wildman–Crippen LogP) is 1.09. The van der Waals surface area contributed by atoms with Crippen LogP contribution in [0, 0.1) is 5.41 Å². The Labute approximate surface area is 107 Å². The van der Waals surface area contributed by atoms with E-state index in [9.17, 15) is 5.11 Å². The molecule has 1 saturated carbocycles. The lowest BCUT2D eigenvalue weighted by Gasteiger charge is -2.34. The van der Waals surface area contributed by atoms with Crippen LogP contribution in [-0.4, -0.2) is 47.9 Å². The van der Waals surface area contributed by atoms with Crippen LogP contribution in [0.2, 0.25) is 0 Å². The topological polar surface area (TPSA) is 48.3 Å². The van der Waals surface area contributed by atoms with Gasteiger partial charge >= 0.3 is 0 Å². The smallest absolute Gasteiger partial charge is 0.187 e. The minimum Gasteiger partial charge on any atom is -0.493 e. The van der Waals surface area contributed by atoms with Crippen LogP contribution < -0.4 is 0 Å². The fraction of sp³-hybridized carbons (Fsp3) is 0.615. The third-order valence-corrected chi connectivity index (χ3v) is 4.12. The number of allylic oxidation sites excluding steroid dienone is 3. The lowest BCUT2D eigenvalue weighted by atomic mass is 10.1. The molecule has 0 radical (unpaired) electrons. The number of nitrogens with zero attached hydrogens (tertiary/aromatic N) is 3. The molecular formula is C13H19N3O2. The first-order valence-corrected chi connectivity index (χ1v) is 6.27. The summed E-state index contributed by atoms with van der Waals surface area (Å²) in [6.07, 6.45) is 6.06. The Morgan fingerprint density at radius 1 is 1.50 bits per heavy atom. The molecular weight excluding hydrogens is 230 g/mol. The van der Waals surface area contributed by atoms with Gasteiger partial charge < -0.3 is 9.84 Å². The molecule has 0 amide bonds. The number of hydrazine groups is 1. The standard InChI is InChI=1S/C13H19N3O2/c1-9-4-5-10(18-3)11-14-12(15(2)16(9)11)13(8-17)6-7-13/h4-5,12,17H,6-8H2,1-3H3. The quantitative estimate of drug-likeness (QED) is 0.813. The molecule has 3 rings (SSSR count). The first-order chi connectivity index (χ1) is 8.63. The first kappa shape index (κ1) is 11.7. The monoisotopic (exact) mass is 249 g/mol. The van der Waals surface area contributed by atoms with Crippen LogP contribution >= 0.6 is 0 Å². The molecule has 98 valence electrons. The predicted molar refractivity (Wildman–Crippen MR) is 68.4 cm³/mol. The van der Waals surface area contributed by atoms with Gasteiger partial charge in [-0.25, -0.2) is 4.99 Å². The number of aliphatic imine (C=N–C) groups is 1. The number of rotatable bonds is 3. The van der Waals surface area contributed by atoms with E-state index in [1.165, 1.54) is 0 Å². The third kappa shape index (κ3) is 1.44. The molecule has 1 fully saturated rings. The number of hydrogen-bond donors (Lipinski definition) is 1. The molecule has 0 saturated heterocycles. The van der Waals surface area contributed by atoms with Gasteiger partial charge in [0, 0.05) is 18.2 Å². The number of aliphatic hydroxyl groups excluding tert-OH is 1. The van der Waals surface area contributed by atoms with Crippen molar-refractivity contribution >= 4 is 5.84 Å². The number of amidine groups is 1. The molecule has 0 aromatic heterocycles. The normalized spacial score (nSPS) is 29.4. The van der Waals surface area contributed by atoms with Crippen molar-refractivity contribution in [1.29, 1.82) is 0 Å². The molecule has 5 nitrogen and oxygen atoms in total. The lowest BCUT2D eigenvalue weighted by Crippen LogP contribution is -2.46. The molecule has 0 spiro atoms. The van der Waals surface area contributed by atoms with Crippen LogP contribution in [0.25, 0.3) is 0 Å². The van der Waals surface area contributed by atoms with Gasteiger partial charge in [0.05, 0.1) is 13.7 Å². The van der Waals surface area contributed by atoms with Crippen molar-refractivity contribution in [3.63, 3.8) is 0 Å². The molecule has 1 aliphatic carbocycles. The molecule has 0 aromatic rings. The fourth-order valence-corrected chi connectivity index (χ4v) is 2.79. The second-order valence-electron chi connectivity index (χ2n) is 5.28. The van der Waals surface area contributed by atoms with E-state index in [1.807, 2.05) is 19.2 Å². The summed E-state index contributed by atoms with van der Waals surface area (Å²) in [5.41, 5.74) is 1.06. The molecule has 18 heavy (non-hydrogen) atoms. The SMILES string of the molecule is COC1=CC=C(C)N2C1=NC(C1(CO)CC1)N2C. The second-order valence-corrected chi connectivity index (χ2v) is 5.28. The van der Waals surface area contributed by atoms with E-state index in [2.05, 4.69) is 16.9 Å². The molecule has 1 unspecified atom stereocenters. The van der Waals surface area contributed by atoms with Crippen LogP contribution in [0.3, 0.4) is 0 Å². The average molecular weight is 249 g/mol. The summed E-state index contributed by atoms with van der Waals surface area (Å²) in [4.78, 5) is 4.77. The Morgan fingerprint density at radius 3 is 2.78 bits per heavy atom. The molecule has 2 heterocycles. The zero-order chi connectivity index (χ0) is 12.9. The first-order valence-electron chi connectivity index (χ1n) is 6.27. The van der Waals surface area contributed by atoms with Gasteiger partial charge in [0.15, 0.2) is 11.6 Å². The summed E-state index contributed by atoms with van der Waals surface area (Å²) < 4.78 is 5.37. The van der Waals surface area contributed by atoms with Gasteiger partial charge in [0.2, 0.25) is 0 Å². The zero-order valence-electron chi connectivity index (χ0n) is 11.1. The van der Waals surface area contributed by atoms with Crippen molar-refractivity contribution in [2.45, 2.75) is 25.9 Å². The molecule has 1 atom stereocenters. The Kier molecular flexibility index (Phi) is 2.50. The van der Waals surface area contributed by atoms with E-state index in [0.29, 0.717) is 0 Å². The summed E-state index contributed by atoms with van der Waals surface area (Å²) in [6, 6.07) is 0. The number of methoxy groups -OCH3 is 1. The van der Waals surface area contributed by atoms with E-state index in [4.69, 9.17) is 9.73 Å². The van der Waals surface area contributed by atoms with Gasteiger partial charge in [-0.2, -0.15) is 5.01 Å². The number of fused-ring (bicyclic) bond motifs is 1. The van der Waals surface area contributed by atoms with E-state index in [0.717, 1.165) is 30.1 Å². The highest BCUT2D eigenvalue weighted by molar-refractivity contribution is 5.99. The summed E-state index contributed by atoms with van der Waals surface area (Å²) in [5.74, 6) is 1.63. The lowest BCUT2D eigenvalue weighted by molar-refractivity contribution is 0.0263. The Hall–Kier alpha value is -1.33. The second kappa shape index (κ2) is 3.83. The van der Waals surface area contributed by atoms with Crippen molar-refractivity contribution in [3.8, 4) is 0 Å². The molecule has 5 heteroatoms. The van der Waals surface area contributed by atoms with Crippen molar-refractivity contribution in [2.75, 3.05) is 20.8 Å². The number of hydrogen-bond acceptors (Lipinski definition) is 5. The van der Waals surface area contributed by atoms with E-state index >= 15 is 0 Å². The number of aliphatic hydroxyl groups is 1. The van der Waals surface area contributed by atoms with Crippen LogP contribution in [0.1, 0.15) is 19.8 Å². The highest BCUT2D eigenvalue weighted by Gasteiger charge is 2.55. The summed E-state index contributed by atoms with van der Waals surface area (Å²) >= 11 is 0. The number of ether oxygens (including phenoxy) is 1. The van der Waals surface area contributed by atoms with E-state index < -0.39 is 0 Å². The molecule has 0 bridgehead atoms. The Morgan fingerprint density at radius 2 is 2.22 bits per heavy atom. The van der Waals surface area contributed by atoms with E-state index in [1.54, 1.807) is 7.11 Å². The maximum Gasteiger partial charge on any atom is 0.187 e. The summed E-state index contributed by atoms with van der Waals surface area (Å²) in [7, 11) is 3.68. The van der Waals surface area contributed by atoms with Crippen molar-refractivity contribution in [3.05, 3.63) is 23.6 Å². The van der Waals surface area contributed by atoms with Crippen LogP contribution in [0.5, 0.6) is 0 Å². The molecule has 0 aromatic carbocycles. The van der Waals surface area contributed by atoms with Crippen molar-refractivity contribution in [2.24, 2.45) is 10.4 Å². The summed E-state index contributed by atoms with van der Waals surface area (Å²) in [5, 5.41) is 13.8. The van der Waals surface area contributed by atoms with Crippen molar-refractivity contribution < 1.29 is 9.84 Å². The maximum atomic E-state index is 9.58. The summed E-state index contributed by atoms with van der Waals surface area (Å²) in [6.45, 7) is 2.25. The highest BCUT2D eigenvalue weighted by atomic mass is 16.5. The van der Waals surface area contributed by atoms with Crippen LogP contribution in [0.15, 0.2) is 28.6 Å². The molecule has 3 aliphatic rings. The van der Waals surface area contributed by atoms with Gasteiger partial charge in [-0.1, -0.05) is 0 Å². The average Bonchev–Trinajstić information content (AvgIpc) is 3.09. The Bertz CT molecular complexity index is 463. The molecule has 1 N–H and O–H groups in total. The van der Waals surface area contributed by atoms with Crippen LogP contribution in [0.4, 0.5) is 0 Å². The van der Waals surface area contributed by atoms with Gasteiger partial charge in [-0.15, -0.1) is 0 Å². The minimum absolute atomic E-state index is 0.0116. The van der Waals surface area contributed by atoms with Crippen molar-refractivity contribution in [1.82, 2.24) is 10.0 Å². The minimum atomic E-state index is -0.0573. The largest absolute Gasteiger partial charge is 0.493 e. The zero-order valence-corrected chi connectivity index (χ0v) is 11.1. The highest BCUT2D eigenvalue weighted by Crippen LogP contribution is 2.52. The Balaban J connectivity index is 1.98. The van der Waals surface area contributed by atoms with Gasteiger partial charge in [0.25, 0.3) is 0 Å². The molecule has 2 aliphatic heterocycles. The van der Waals surface area contributed by atoms with Crippen LogP contribution in [-0.2, 0) is 4.74 Å². The van der Waals surface area contributed by atoms with Gasteiger partial charge in [0.1, 0.15) is 6.17 Å². The van der Waals surface area contributed by atoms with E-state index in [-0.39, 0.29) is 18.2 Å². The van der Waals surface area contributed by atoms with Gasteiger partial charge in [-0.3, -0.25) is 5.01 Å². The third-order valence-electron chi connectivity index (χ3n) is 4.12. The fourth-order valence-electron chi connectivity index (χ4n) is 2.79. The van der Waals surface area contributed by atoms with Gasteiger partial charge in [-0.05, 0) is 31.9 Å². The maximum absolute atomic E-state index is 9.58.